The van der Waals surface area contributed by atoms with Crippen molar-refractivity contribution in [3.63, 3.8) is 0 Å². The molecule has 0 atom stereocenters. The molecule has 1 aliphatic heterocycles. The number of benzene rings is 1. The van der Waals surface area contributed by atoms with Crippen molar-refractivity contribution >= 4 is 16.0 Å². The van der Waals surface area contributed by atoms with E-state index in [1.165, 1.54) is 0 Å². The van der Waals surface area contributed by atoms with Crippen molar-refractivity contribution < 1.29 is 12.8 Å². The summed E-state index contributed by atoms with van der Waals surface area (Å²) in [6.45, 7) is 11.5. The lowest BCUT2D eigenvalue weighted by Crippen LogP contribution is -2.49. The molecule has 0 N–H and O–H groups in total. The Balaban J connectivity index is 1.77. The van der Waals surface area contributed by atoms with Crippen molar-refractivity contribution in [3.05, 3.63) is 34.7 Å². The number of nitrogens with zero attached hydrogens (tertiary/aromatic N) is 4. The van der Waals surface area contributed by atoms with E-state index in [1.807, 2.05) is 51.7 Å². The molecule has 2 aromatic rings. The summed E-state index contributed by atoms with van der Waals surface area (Å²) in [6, 6.07) is 4.30. The highest BCUT2D eigenvalue weighted by molar-refractivity contribution is 7.89. The fourth-order valence-corrected chi connectivity index (χ4v) is 5.24. The monoisotopic (exact) mass is 378 g/mol. The van der Waals surface area contributed by atoms with Crippen molar-refractivity contribution in [3.8, 4) is 0 Å². The van der Waals surface area contributed by atoms with Crippen molar-refractivity contribution in [2.24, 2.45) is 0 Å². The van der Waals surface area contributed by atoms with Crippen LogP contribution in [0.4, 0.5) is 6.01 Å². The minimum atomic E-state index is -3.51. The third-order valence-corrected chi connectivity index (χ3v) is 6.84. The number of hydrogen-bond acceptors (Lipinski definition) is 6. The maximum atomic E-state index is 13.1. The molecule has 26 heavy (non-hydrogen) atoms. The Morgan fingerprint density at radius 2 is 1.58 bits per heavy atom. The van der Waals surface area contributed by atoms with Gasteiger partial charge >= 0.3 is 6.01 Å². The molecular formula is C18H26N4O3S. The fourth-order valence-electron chi connectivity index (χ4n) is 3.41. The van der Waals surface area contributed by atoms with E-state index in [-0.39, 0.29) is 5.92 Å². The Bertz CT molecular complexity index is 874. The molecule has 0 unspecified atom stereocenters. The molecule has 2 heterocycles. The lowest BCUT2D eigenvalue weighted by atomic mass is 10.1. The van der Waals surface area contributed by atoms with E-state index in [4.69, 9.17) is 4.42 Å². The van der Waals surface area contributed by atoms with E-state index >= 15 is 0 Å². The highest BCUT2D eigenvalue weighted by Crippen LogP contribution is 2.27. The van der Waals surface area contributed by atoms with Crippen LogP contribution in [0.15, 0.2) is 21.4 Å². The van der Waals surface area contributed by atoms with E-state index in [9.17, 15) is 8.42 Å². The Kier molecular flexibility index (Phi) is 5.07. The quantitative estimate of drug-likeness (QED) is 0.814. The van der Waals surface area contributed by atoms with Crippen LogP contribution in [0.25, 0.3) is 0 Å². The zero-order valence-corrected chi connectivity index (χ0v) is 16.8. The van der Waals surface area contributed by atoms with Crippen molar-refractivity contribution in [1.29, 1.82) is 0 Å². The second-order valence-electron chi connectivity index (χ2n) is 7.20. The Morgan fingerprint density at radius 1 is 1.00 bits per heavy atom. The molecule has 7 nitrogen and oxygen atoms in total. The molecule has 1 saturated heterocycles. The number of anilines is 1. The molecule has 0 amide bonds. The Morgan fingerprint density at radius 3 is 2.08 bits per heavy atom. The van der Waals surface area contributed by atoms with Gasteiger partial charge in [-0.1, -0.05) is 36.6 Å². The van der Waals surface area contributed by atoms with Crippen molar-refractivity contribution in [2.75, 3.05) is 31.1 Å². The van der Waals surface area contributed by atoms with Gasteiger partial charge < -0.3 is 9.32 Å². The van der Waals surface area contributed by atoms with E-state index in [0.29, 0.717) is 43.0 Å². The Labute approximate surface area is 155 Å². The summed E-state index contributed by atoms with van der Waals surface area (Å²) in [5.41, 5.74) is 2.66. The number of piperazine rings is 1. The predicted molar refractivity (Wildman–Crippen MR) is 100 cm³/mol. The number of aromatic nitrogens is 2. The highest BCUT2D eigenvalue weighted by atomic mass is 32.2. The normalized spacial score (nSPS) is 16.5. The average Bonchev–Trinajstić information content (AvgIpc) is 3.04. The standard InChI is InChI=1S/C18H26N4O3S/c1-12(2)17-19-20-18(25-17)21-6-8-22(9-7-21)26(23,24)16-14(4)10-13(3)11-15(16)5/h10-12H,6-9H2,1-5H3. The zero-order chi connectivity index (χ0) is 19.1. The molecule has 0 bridgehead atoms. The van der Waals surface area contributed by atoms with Gasteiger partial charge in [0.2, 0.25) is 15.9 Å². The number of hydrogen-bond donors (Lipinski definition) is 0. The van der Waals surface area contributed by atoms with Crippen LogP contribution >= 0.6 is 0 Å². The molecule has 0 spiro atoms. The number of rotatable bonds is 4. The first kappa shape index (κ1) is 18.8. The van der Waals surface area contributed by atoms with E-state index in [0.717, 1.165) is 16.7 Å². The first-order valence-corrected chi connectivity index (χ1v) is 10.3. The van der Waals surface area contributed by atoms with Gasteiger partial charge in [0.15, 0.2) is 0 Å². The van der Waals surface area contributed by atoms with Gasteiger partial charge in [-0.25, -0.2) is 8.42 Å². The second-order valence-corrected chi connectivity index (χ2v) is 9.07. The van der Waals surface area contributed by atoms with Gasteiger partial charge in [0, 0.05) is 32.1 Å². The summed E-state index contributed by atoms with van der Waals surface area (Å²) in [5, 5.41) is 8.13. The van der Waals surface area contributed by atoms with E-state index in [2.05, 4.69) is 10.2 Å². The van der Waals surface area contributed by atoms with Crippen LogP contribution in [-0.4, -0.2) is 49.1 Å². The van der Waals surface area contributed by atoms with Crippen molar-refractivity contribution in [1.82, 2.24) is 14.5 Å². The molecule has 142 valence electrons. The first-order valence-electron chi connectivity index (χ1n) is 8.86. The van der Waals surface area contributed by atoms with E-state index < -0.39 is 10.0 Å². The largest absolute Gasteiger partial charge is 0.408 e. The van der Waals surface area contributed by atoms with Crippen LogP contribution in [-0.2, 0) is 10.0 Å². The molecule has 3 rings (SSSR count). The zero-order valence-electron chi connectivity index (χ0n) is 16.0. The molecule has 1 aliphatic rings. The fraction of sp³-hybridized carbons (Fsp3) is 0.556. The summed E-state index contributed by atoms with van der Waals surface area (Å²) < 4.78 is 33.5. The maximum Gasteiger partial charge on any atom is 0.318 e. The lowest BCUT2D eigenvalue weighted by Gasteiger charge is -2.33. The number of sulfonamides is 1. The maximum absolute atomic E-state index is 13.1. The van der Waals surface area contributed by atoms with Gasteiger partial charge in [0.1, 0.15) is 0 Å². The molecular weight excluding hydrogens is 352 g/mol. The van der Waals surface area contributed by atoms with Gasteiger partial charge in [-0.3, -0.25) is 0 Å². The van der Waals surface area contributed by atoms with Gasteiger partial charge in [0.25, 0.3) is 0 Å². The minimum Gasteiger partial charge on any atom is -0.408 e. The predicted octanol–water partition coefficient (Wildman–Crippen LogP) is 2.63. The van der Waals surface area contributed by atoms with Gasteiger partial charge in [0.05, 0.1) is 4.90 Å². The molecule has 0 radical (unpaired) electrons. The molecule has 0 aliphatic carbocycles. The second kappa shape index (κ2) is 7.00. The molecule has 8 heteroatoms. The number of aryl methyl sites for hydroxylation is 3. The van der Waals surface area contributed by atoms with Crippen LogP contribution in [0.3, 0.4) is 0 Å². The topological polar surface area (TPSA) is 79.5 Å². The Hall–Kier alpha value is -1.93. The average molecular weight is 378 g/mol. The molecule has 0 saturated carbocycles. The van der Waals surface area contributed by atoms with Gasteiger partial charge in [-0.05, 0) is 31.9 Å². The minimum absolute atomic E-state index is 0.172. The summed E-state index contributed by atoms with van der Waals surface area (Å²) in [7, 11) is -3.51. The van der Waals surface area contributed by atoms with Crippen LogP contribution < -0.4 is 4.90 Å². The van der Waals surface area contributed by atoms with Crippen LogP contribution in [0.5, 0.6) is 0 Å². The summed E-state index contributed by atoms with van der Waals surface area (Å²) in [4.78, 5) is 2.37. The van der Waals surface area contributed by atoms with Crippen LogP contribution in [0.1, 0.15) is 42.3 Å². The van der Waals surface area contributed by atoms with Crippen LogP contribution in [0.2, 0.25) is 0 Å². The molecule has 1 aromatic heterocycles. The molecule has 1 aromatic carbocycles. The SMILES string of the molecule is Cc1cc(C)c(S(=O)(=O)N2CCN(c3nnc(C(C)C)o3)CC2)c(C)c1. The van der Waals surface area contributed by atoms with Gasteiger partial charge in [-0.15, -0.1) is 5.10 Å². The molecule has 1 fully saturated rings. The van der Waals surface area contributed by atoms with Crippen molar-refractivity contribution in [2.45, 2.75) is 45.4 Å². The smallest absolute Gasteiger partial charge is 0.318 e. The summed E-state index contributed by atoms with van der Waals surface area (Å²) in [5.74, 6) is 0.770. The summed E-state index contributed by atoms with van der Waals surface area (Å²) in [6.07, 6.45) is 0. The third kappa shape index (κ3) is 3.48. The highest BCUT2D eigenvalue weighted by Gasteiger charge is 2.32. The van der Waals surface area contributed by atoms with Crippen LogP contribution in [0, 0.1) is 20.8 Å². The third-order valence-electron chi connectivity index (χ3n) is 4.64. The first-order chi connectivity index (χ1) is 12.2. The van der Waals surface area contributed by atoms with E-state index in [1.54, 1.807) is 4.31 Å². The lowest BCUT2D eigenvalue weighted by molar-refractivity contribution is 0.367. The van der Waals surface area contributed by atoms with Gasteiger partial charge in [-0.2, -0.15) is 4.31 Å². The summed E-state index contributed by atoms with van der Waals surface area (Å²) >= 11 is 0.